The van der Waals surface area contributed by atoms with Gasteiger partial charge in [0.05, 0.1) is 29.3 Å². The first-order valence-electron chi connectivity index (χ1n) is 9.13. The fourth-order valence-corrected chi connectivity index (χ4v) is 4.61. The second kappa shape index (κ2) is 6.08. The van der Waals surface area contributed by atoms with Crippen LogP contribution in [-0.4, -0.2) is 39.4 Å². The van der Waals surface area contributed by atoms with E-state index in [2.05, 4.69) is 13.0 Å². The summed E-state index contributed by atoms with van der Waals surface area (Å²) in [5, 5.41) is 21.6. The van der Waals surface area contributed by atoms with Crippen molar-refractivity contribution < 1.29 is 19.7 Å². The monoisotopic (exact) mass is 334 g/mol. The van der Waals surface area contributed by atoms with Crippen LogP contribution in [0.15, 0.2) is 22.8 Å². The number of ether oxygens (including phenoxy) is 1. The van der Waals surface area contributed by atoms with Crippen molar-refractivity contribution in [3.8, 4) is 0 Å². The molecule has 0 saturated carbocycles. The van der Waals surface area contributed by atoms with Crippen LogP contribution in [0, 0.1) is 5.92 Å². The molecule has 1 fully saturated rings. The molecule has 5 atom stereocenters. The van der Waals surface area contributed by atoms with E-state index in [1.54, 1.807) is 0 Å². The fourth-order valence-electron chi connectivity index (χ4n) is 4.61. The van der Waals surface area contributed by atoms with Crippen molar-refractivity contribution in [1.29, 1.82) is 0 Å². The normalized spacial score (nSPS) is 46.2. The van der Waals surface area contributed by atoms with Crippen LogP contribution in [-0.2, 0) is 9.53 Å². The molecule has 134 valence electrons. The Labute approximate surface area is 144 Å². The Morgan fingerprint density at radius 3 is 2.62 bits per heavy atom. The van der Waals surface area contributed by atoms with Gasteiger partial charge in [-0.1, -0.05) is 11.6 Å². The molecule has 2 heterocycles. The van der Waals surface area contributed by atoms with Gasteiger partial charge in [-0.2, -0.15) is 0 Å². The quantitative estimate of drug-likeness (QED) is 0.668. The first-order valence-corrected chi connectivity index (χ1v) is 9.13. The number of aliphatic hydroxyl groups is 2. The molecular weight excluding hydrogens is 304 g/mol. The third kappa shape index (κ3) is 2.89. The predicted octanol–water partition coefficient (Wildman–Crippen LogP) is 3.07. The van der Waals surface area contributed by atoms with Crippen LogP contribution in [0.3, 0.4) is 0 Å². The summed E-state index contributed by atoms with van der Waals surface area (Å²) in [4.78, 5) is 13.0. The van der Waals surface area contributed by atoms with Crippen molar-refractivity contribution in [2.45, 2.75) is 89.6 Å². The second-order valence-electron chi connectivity index (χ2n) is 8.35. The van der Waals surface area contributed by atoms with Gasteiger partial charge in [0.25, 0.3) is 0 Å². The van der Waals surface area contributed by atoms with Gasteiger partial charge in [-0.3, -0.25) is 4.79 Å². The summed E-state index contributed by atoms with van der Waals surface area (Å²) in [5.41, 5.74) is 1.19. The lowest BCUT2D eigenvalue weighted by atomic mass is 9.81. The minimum Gasteiger partial charge on any atom is -0.388 e. The van der Waals surface area contributed by atoms with Crippen LogP contribution in [0.5, 0.6) is 0 Å². The van der Waals surface area contributed by atoms with E-state index in [1.165, 1.54) is 5.57 Å². The van der Waals surface area contributed by atoms with Gasteiger partial charge in [0.15, 0.2) is 5.78 Å². The van der Waals surface area contributed by atoms with Crippen molar-refractivity contribution in [3.05, 3.63) is 22.8 Å². The Morgan fingerprint density at radius 2 is 1.92 bits per heavy atom. The number of carbonyl (C=O) groups is 1. The first kappa shape index (κ1) is 17.8. The zero-order valence-electron chi connectivity index (χ0n) is 15.3. The maximum absolute atomic E-state index is 13.0. The summed E-state index contributed by atoms with van der Waals surface area (Å²) in [7, 11) is 0. The average molecular weight is 334 g/mol. The average Bonchev–Trinajstić information content (AvgIpc) is 2.98. The summed E-state index contributed by atoms with van der Waals surface area (Å²) in [6.45, 7) is 7.69. The summed E-state index contributed by atoms with van der Waals surface area (Å²) in [6, 6.07) is 0. The number of hydrogen-bond donors (Lipinski definition) is 2. The summed E-state index contributed by atoms with van der Waals surface area (Å²) >= 11 is 0. The van der Waals surface area contributed by atoms with Gasteiger partial charge in [-0.05, 0) is 77.4 Å². The third-order valence-corrected chi connectivity index (χ3v) is 6.39. The molecule has 4 heteroatoms. The molecule has 3 aliphatic rings. The van der Waals surface area contributed by atoms with Gasteiger partial charge >= 0.3 is 0 Å². The maximum Gasteiger partial charge on any atom is 0.167 e. The van der Waals surface area contributed by atoms with Gasteiger partial charge in [-0.25, -0.2) is 0 Å². The van der Waals surface area contributed by atoms with Gasteiger partial charge in [-0.15, -0.1) is 0 Å². The number of aliphatic hydroxyl groups excluding tert-OH is 1. The fraction of sp³-hybridized carbons (Fsp3) is 0.750. The highest BCUT2D eigenvalue weighted by Crippen LogP contribution is 2.47. The number of hydrogen-bond acceptors (Lipinski definition) is 4. The lowest BCUT2D eigenvalue weighted by Gasteiger charge is -2.36. The minimum atomic E-state index is -0.916. The molecule has 0 radical (unpaired) electrons. The second-order valence-corrected chi connectivity index (χ2v) is 8.35. The molecule has 1 aliphatic carbocycles. The Balaban J connectivity index is 1.98. The van der Waals surface area contributed by atoms with Gasteiger partial charge in [0.2, 0.25) is 0 Å². The zero-order valence-corrected chi connectivity index (χ0v) is 15.3. The number of Topliss-reactive ketones (excluding diaryl/α,β-unsaturated/α-hetero) is 1. The Kier molecular flexibility index (Phi) is 4.52. The van der Waals surface area contributed by atoms with Crippen molar-refractivity contribution >= 4 is 5.78 Å². The number of fused-ring (bicyclic) bond motifs is 5. The molecule has 4 bridgehead atoms. The van der Waals surface area contributed by atoms with E-state index >= 15 is 0 Å². The van der Waals surface area contributed by atoms with E-state index in [4.69, 9.17) is 4.74 Å². The highest BCUT2D eigenvalue weighted by Gasteiger charge is 2.55. The van der Waals surface area contributed by atoms with Gasteiger partial charge in [0.1, 0.15) is 0 Å². The largest absolute Gasteiger partial charge is 0.388 e. The molecule has 0 aromatic rings. The topological polar surface area (TPSA) is 66.8 Å². The smallest absolute Gasteiger partial charge is 0.167 e. The Morgan fingerprint density at radius 1 is 1.21 bits per heavy atom. The molecular formula is C20H30O4. The molecule has 2 aliphatic heterocycles. The minimum absolute atomic E-state index is 0.0369. The number of rotatable bonds is 0. The van der Waals surface area contributed by atoms with Crippen molar-refractivity contribution in [1.82, 2.24) is 0 Å². The highest BCUT2D eigenvalue weighted by atomic mass is 16.5. The number of allylic oxidation sites excluding steroid dienone is 3. The predicted molar refractivity (Wildman–Crippen MR) is 92.6 cm³/mol. The third-order valence-electron chi connectivity index (χ3n) is 6.39. The Bertz CT molecular complexity index is 601. The maximum atomic E-state index is 13.0. The van der Waals surface area contributed by atoms with Crippen molar-refractivity contribution in [2.24, 2.45) is 5.92 Å². The molecule has 0 spiro atoms. The van der Waals surface area contributed by atoms with E-state index in [1.807, 2.05) is 20.8 Å². The first-order chi connectivity index (χ1) is 11.2. The van der Waals surface area contributed by atoms with Crippen LogP contribution < -0.4 is 0 Å². The number of carbonyl (C=O) groups excluding carboxylic acids is 1. The van der Waals surface area contributed by atoms with Gasteiger partial charge < -0.3 is 14.9 Å². The molecule has 0 aromatic heterocycles. The SMILES string of the molecule is CC1=C2CC/C(C)=C\CC[C@@](C)(O)[C@H]3CC[C@@](C)(O3)[C@H](C2=O)[C@@H]1O. The number of ketones is 1. The van der Waals surface area contributed by atoms with Crippen LogP contribution >= 0.6 is 0 Å². The van der Waals surface area contributed by atoms with Crippen molar-refractivity contribution in [2.75, 3.05) is 0 Å². The molecule has 4 nitrogen and oxygen atoms in total. The molecule has 1 saturated heterocycles. The van der Waals surface area contributed by atoms with E-state index in [-0.39, 0.29) is 11.9 Å². The summed E-state index contributed by atoms with van der Waals surface area (Å²) < 4.78 is 6.25. The molecule has 3 rings (SSSR count). The molecule has 2 N–H and O–H groups in total. The lowest BCUT2D eigenvalue weighted by Crippen LogP contribution is -2.47. The molecule has 0 unspecified atom stereocenters. The zero-order chi connectivity index (χ0) is 17.7. The van der Waals surface area contributed by atoms with Crippen LogP contribution in [0.1, 0.15) is 66.2 Å². The lowest BCUT2D eigenvalue weighted by molar-refractivity contribution is -0.160. The van der Waals surface area contributed by atoms with Crippen molar-refractivity contribution in [3.63, 3.8) is 0 Å². The van der Waals surface area contributed by atoms with Crippen LogP contribution in [0.2, 0.25) is 0 Å². The molecule has 0 amide bonds. The Hall–Kier alpha value is -0.970. The highest BCUT2D eigenvalue weighted by molar-refractivity contribution is 6.02. The molecule has 24 heavy (non-hydrogen) atoms. The van der Waals surface area contributed by atoms with E-state index in [0.29, 0.717) is 19.3 Å². The molecule has 0 aromatic carbocycles. The van der Waals surface area contributed by atoms with Crippen LogP contribution in [0.25, 0.3) is 0 Å². The summed E-state index contributed by atoms with van der Waals surface area (Å²) in [6.07, 6.45) is 5.46. The standard InChI is InChI=1S/C20H30O4/c1-12-6-5-10-19(3,23)15-9-11-20(4,24-15)16-17(21)13(2)14(8-7-12)18(16)22/h6,15-17,21,23H,5,7-11H2,1-4H3/b12-6-/t15-,16+,17-,19-,20-/m1/s1. The van der Waals surface area contributed by atoms with E-state index in [0.717, 1.165) is 30.4 Å². The summed E-state index contributed by atoms with van der Waals surface area (Å²) in [5.74, 6) is -0.506. The van der Waals surface area contributed by atoms with Gasteiger partial charge in [0, 0.05) is 0 Å². The van der Waals surface area contributed by atoms with E-state index < -0.39 is 23.2 Å². The van der Waals surface area contributed by atoms with E-state index in [9.17, 15) is 15.0 Å². The van der Waals surface area contributed by atoms with Crippen LogP contribution in [0.4, 0.5) is 0 Å².